The van der Waals surface area contributed by atoms with Crippen molar-refractivity contribution >= 4 is 27.5 Å². The van der Waals surface area contributed by atoms with E-state index in [-0.39, 0.29) is 17.5 Å². The molecule has 1 amide bonds. The van der Waals surface area contributed by atoms with Crippen LogP contribution in [-0.4, -0.2) is 47.5 Å². The van der Waals surface area contributed by atoms with E-state index in [1.54, 1.807) is 11.2 Å². The largest absolute Gasteiger partial charge is 0.411 e. The maximum absolute atomic E-state index is 13.4. The van der Waals surface area contributed by atoms with E-state index in [0.717, 1.165) is 32.8 Å². The summed E-state index contributed by atoms with van der Waals surface area (Å²) in [5.41, 5.74) is 2.88. The first-order valence-electron chi connectivity index (χ1n) is 9.81. The Balaban J connectivity index is 1.38. The number of H-pyrrole nitrogens is 1. The van der Waals surface area contributed by atoms with Gasteiger partial charge in [-0.2, -0.15) is 0 Å². The second-order valence-electron chi connectivity index (χ2n) is 7.21. The number of carbonyl (C=O) groups excluding carboxylic acids is 1. The van der Waals surface area contributed by atoms with Crippen molar-refractivity contribution in [3.05, 3.63) is 77.0 Å². The number of benzene rings is 1. The fraction of sp³-hybridized carbons (Fsp3) is 0.143. The van der Waals surface area contributed by atoms with Crippen LogP contribution in [0.4, 0.5) is 4.39 Å². The van der Waals surface area contributed by atoms with Crippen LogP contribution in [0, 0.1) is 5.82 Å². The van der Waals surface area contributed by atoms with Gasteiger partial charge in [0.05, 0.1) is 34.1 Å². The summed E-state index contributed by atoms with van der Waals surface area (Å²) >= 11 is 1.53. The number of pyridine rings is 1. The highest BCUT2D eigenvalue weighted by Gasteiger charge is 2.38. The third kappa shape index (κ3) is 3.05. The second-order valence-corrected chi connectivity index (χ2v) is 8.27. The van der Waals surface area contributed by atoms with Gasteiger partial charge in [-0.1, -0.05) is 12.1 Å². The number of thiazole rings is 1. The summed E-state index contributed by atoms with van der Waals surface area (Å²) < 4.78 is 19.8. The highest BCUT2D eigenvalue weighted by molar-refractivity contribution is 7.18. The van der Waals surface area contributed by atoms with Crippen LogP contribution in [0.15, 0.2) is 53.3 Å². The number of aromatic nitrogens is 6. The number of carbonyl (C=O) groups is 1. The summed E-state index contributed by atoms with van der Waals surface area (Å²) in [4.78, 5) is 31.3. The summed E-state index contributed by atoms with van der Waals surface area (Å²) in [5, 5.41) is 8.60. The predicted molar refractivity (Wildman–Crippen MR) is 112 cm³/mol. The molecule has 5 aromatic rings. The Morgan fingerprint density at radius 3 is 2.94 bits per heavy atom. The van der Waals surface area contributed by atoms with Crippen molar-refractivity contribution in [2.75, 3.05) is 6.54 Å². The average Bonchev–Trinajstić information content (AvgIpc) is 3.57. The number of hydrogen-bond donors (Lipinski definition) is 1. The lowest BCUT2D eigenvalue weighted by Crippen LogP contribution is -2.41. The number of aromatic amines is 1. The van der Waals surface area contributed by atoms with Crippen LogP contribution < -0.4 is 0 Å². The van der Waals surface area contributed by atoms with E-state index in [4.69, 9.17) is 9.40 Å². The molecule has 1 aliphatic rings. The first-order chi connectivity index (χ1) is 15.7. The second kappa shape index (κ2) is 7.31. The smallest absolute Gasteiger partial charge is 0.312 e. The quantitative estimate of drug-likeness (QED) is 0.451. The van der Waals surface area contributed by atoms with Crippen LogP contribution in [0.2, 0.25) is 0 Å². The fourth-order valence-electron chi connectivity index (χ4n) is 3.80. The van der Waals surface area contributed by atoms with Crippen molar-refractivity contribution in [1.29, 1.82) is 0 Å². The van der Waals surface area contributed by atoms with Crippen LogP contribution in [0.3, 0.4) is 0 Å². The van der Waals surface area contributed by atoms with Gasteiger partial charge in [-0.15, -0.1) is 21.5 Å². The zero-order chi connectivity index (χ0) is 21.7. The standard InChI is InChI=1S/C21H14FN7O2S/c22-11-5-6-14(23-9-11)18-27-28-19(31-18)21(30)29-8-7-13-16(25-10-24-13)17(29)20-26-12-3-1-2-4-15(12)32-20/h1-6,9-10,17H,7-8H2,(H,24,25)/t17-/m1/s1. The van der Waals surface area contributed by atoms with Crippen LogP contribution in [0.25, 0.3) is 21.8 Å². The molecular weight excluding hydrogens is 433 g/mol. The van der Waals surface area contributed by atoms with E-state index in [1.807, 2.05) is 24.3 Å². The molecule has 0 bridgehead atoms. The SMILES string of the molecule is O=C(c1nnc(-c2ccc(F)cn2)o1)N1CCc2nc[nH]c2[C@@H]1c1nc2ccccc2s1. The van der Waals surface area contributed by atoms with Gasteiger partial charge in [-0.05, 0) is 24.3 Å². The molecule has 4 aromatic heterocycles. The molecule has 1 N–H and O–H groups in total. The Kier molecular flexibility index (Phi) is 4.28. The van der Waals surface area contributed by atoms with E-state index in [0.29, 0.717) is 13.0 Å². The Bertz CT molecular complexity index is 1410. The molecule has 0 spiro atoms. The molecule has 0 saturated heterocycles. The van der Waals surface area contributed by atoms with Gasteiger partial charge in [0.25, 0.3) is 5.89 Å². The number of hydrogen-bond acceptors (Lipinski definition) is 8. The highest BCUT2D eigenvalue weighted by atomic mass is 32.1. The summed E-state index contributed by atoms with van der Waals surface area (Å²) in [7, 11) is 0. The third-order valence-electron chi connectivity index (χ3n) is 5.29. The number of fused-ring (bicyclic) bond motifs is 2. The van der Waals surface area contributed by atoms with E-state index >= 15 is 0 Å². The molecule has 0 aliphatic carbocycles. The monoisotopic (exact) mass is 447 g/mol. The Morgan fingerprint density at radius 1 is 1.19 bits per heavy atom. The summed E-state index contributed by atoms with van der Waals surface area (Å²) in [6, 6.07) is 10.0. The summed E-state index contributed by atoms with van der Waals surface area (Å²) in [6.45, 7) is 0.420. The van der Waals surface area contributed by atoms with Crippen molar-refractivity contribution < 1.29 is 13.6 Å². The van der Waals surface area contributed by atoms with E-state index < -0.39 is 17.8 Å². The van der Waals surface area contributed by atoms with Crippen LogP contribution in [-0.2, 0) is 6.42 Å². The van der Waals surface area contributed by atoms with E-state index in [2.05, 4.69) is 25.1 Å². The molecular formula is C21H14FN7O2S. The molecule has 1 aromatic carbocycles. The van der Waals surface area contributed by atoms with Gasteiger partial charge >= 0.3 is 11.8 Å². The molecule has 0 radical (unpaired) electrons. The maximum Gasteiger partial charge on any atom is 0.312 e. The van der Waals surface area contributed by atoms with Crippen LogP contribution >= 0.6 is 11.3 Å². The van der Waals surface area contributed by atoms with Gasteiger partial charge in [0, 0.05) is 13.0 Å². The normalized spacial score (nSPS) is 15.8. The lowest BCUT2D eigenvalue weighted by Gasteiger charge is -2.32. The summed E-state index contributed by atoms with van der Waals surface area (Å²) in [6.07, 6.45) is 3.27. The molecule has 1 aliphatic heterocycles. The van der Waals surface area contributed by atoms with Crippen molar-refractivity contribution in [2.24, 2.45) is 0 Å². The minimum Gasteiger partial charge on any atom is -0.411 e. The third-order valence-corrected chi connectivity index (χ3v) is 6.37. The molecule has 9 nitrogen and oxygen atoms in total. The lowest BCUT2D eigenvalue weighted by atomic mass is 10.0. The fourth-order valence-corrected chi connectivity index (χ4v) is 4.89. The van der Waals surface area contributed by atoms with Crippen molar-refractivity contribution in [3.8, 4) is 11.6 Å². The molecule has 0 fully saturated rings. The molecule has 158 valence electrons. The maximum atomic E-state index is 13.4. The van der Waals surface area contributed by atoms with Crippen molar-refractivity contribution in [1.82, 2.24) is 35.0 Å². The Labute approximate surface area is 184 Å². The van der Waals surface area contributed by atoms with Gasteiger partial charge in [0.2, 0.25) is 0 Å². The average molecular weight is 447 g/mol. The van der Waals surface area contributed by atoms with Crippen molar-refractivity contribution in [3.63, 3.8) is 0 Å². The van der Waals surface area contributed by atoms with Gasteiger partial charge < -0.3 is 14.3 Å². The number of rotatable bonds is 3. The number of amides is 1. The van der Waals surface area contributed by atoms with Crippen molar-refractivity contribution in [2.45, 2.75) is 12.5 Å². The lowest BCUT2D eigenvalue weighted by molar-refractivity contribution is 0.0650. The van der Waals surface area contributed by atoms with Crippen LogP contribution in [0.1, 0.15) is 33.1 Å². The van der Waals surface area contributed by atoms with Gasteiger partial charge in [-0.25, -0.2) is 19.3 Å². The van der Waals surface area contributed by atoms with E-state index in [1.165, 1.54) is 23.5 Å². The molecule has 0 saturated carbocycles. The molecule has 0 unspecified atom stereocenters. The first-order valence-corrected chi connectivity index (χ1v) is 10.6. The Hall–Kier alpha value is -3.99. The number of imidazole rings is 1. The number of halogens is 1. The first kappa shape index (κ1) is 18.8. The number of nitrogens with zero attached hydrogens (tertiary/aromatic N) is 6. The molecule has 6 rings (SSSR count). The predicted octanol–water partition coefficient (Wildman–Crippen LogP) is 3.39. The molecule has 11 heteroatoms. The minimum absolute atomic E-state index is 0.0455. The topological polar surface area (TPSA) is 114 Å². The number of nitrogens with one attached hydrogen (secondary N) is 1. The molecule has 1 atom stereocenters. The molecule has 32 heavy (non-hydrogen) atoms. The minimum atomic E-state index is -0.480. The Morgan fingerprint density at radius 2 is 2.09 bits per heavy atom. The number of para-hydroxylation sites is 1. The van der Waals surface area contributed by atoms with Gasteiger partial charge in [-0.3, -0.25) is 4.79 Å². The summed E-state index contributed by atoms with van der Waals surface area (Å²) in [5.74, 6) is -1.02. The van der Waals surface area contributed by atoms with Gasteiger partial charge in [0.1, 0.15) is 22.6 Å². The zero-order valence-corrected chi connectivity index (χ0v) is 17.2. The van der Waals surface area contributed by atoms with Crippen LogP contribution in [0.5, 0.6) is 0 Å². The van der Waals surface area contributed by atoms with E-state index in [9.17, 15) is 9.18 Å². The van der Waals surface area contributed by atoms with Gasteiger partial charge in [0.15, 0.2) is 0 Å². The molecule has 5 heterocycles. The zero-order valence-electron chi connectivity index (χ0n) is 16.4. The highest BCUT2D eigenvalue weighted by Crippen LogP contribution is 2.38.